The smallest absolute Gasteiger partial charge is 0.447 e. The van der Waals surface area contributed by atoms with Crippen LogP contribution in [-0.2, 0) is 16.0 Å². The van der Waals surface area contributed by atoms with Gasteiger partial charge in [-0.05, 0) is 20.4 Å². The minimum atomic E-state index is -0.715. The summed E-state index contributed by atoms with van der Waals surface area (Å²) < 4.78 is 20.0. The van der Waals surface area contributed by atoms with E-state index in [9.17, 15) is 9.59 Å². The number of rotatable bonds is 11. The van der Waals surface area contributed by atoms with E-state index in [1.54, 1.807) is 14.0 Å². The Hall–Kier alpha value is -2.33. The number of ether oxygens (including phenoxy) is 2. The minimum Gasteiger partial charge on any atom is -0.447 e. The van der Waals surface area contributed by atoms with Gasteiger partial charge in [0.05, 0.1) is 19.0 Å². The molecule has 0 saturated carbocycles. The Balaban J connectivity index is 2.20. The molecule has 1 rings (SSSR count). The summed E-state index contributed by atoms with van der Waals surface area (Å²) in [6, 6.07) is 0. The average molecular weight is 358 g/mol. The molecule has 0 spiro atoms. The van der Waals surface area contributed by atoms with E-state index in [-0.39, 0.29) is 12.7 Å². The molecule has 1 aromatic heterocycles. The number of nitrogens with zero attached hydrogens (tertiary/aromatic N) is 2. The fraction of sp³-hybridized carbons (Fsp3) is 0.667. The zero-order chi connectivity index (χ0) is 18.7. The van der Waals surface area contributed by atoms with Gasteiger partial charge in [0, 0.05) is 26.7 Å². The maximum absolute atomic E-state index is 11.7. The summed E-state index contributed by atoms with van der Waals surface area (Å²) >= 11 is 0. The molecule has 1 unspecified atom stereocenters. The quantitative estimate of drug-likeness (QED) is 0.420. The molecular weight excluding hydrogens is 332 g/mol. The lowest BCUT2D eigenvalue weighted by atomic mass is 10.3. The molecule has 0 radical (unpaired) electrons. The van der Waals surface area contributed by atoms with E-state index in [1.807, 2.05) is 11.9 Å². The summed E-state index contributed by atoms with van der Waals surface area (Å²) in [5, 5.41) is 2.64. The van der Waals surface area contributed by atoms with Crippen molar-refractivity contribution >= 4 is 12.4 Å². The molecular formula is C15H26N4O6. The molecule has 1 heterocycles. The summed E-state index contributed by atoms with van der Waals surface area (Å²) in [5.74, 6) is 0.208. The van der Waals surface area contributed by atoms with Gasteiger partial charge >= 0.3 is 11.9 Å². The molecule has 10 nitrogen and oxygen atoms in total. The maximum atomic E-state index is 11.7. The first kappa shape index (κ1) is 20.7. The van der Waals surface area contributed by atoms with Gasteiger partial charge in [0.25, 0.3) is 0 Å². The van der Waals surface area contributed by atoms with Crippen LogP contribution < -0.4 is 16.9 Å². The molecule has 0 aliphatic carbocycles. The van der Waals surface area contributed by atoms with Crippen molar-refractivity contribution in [1.82, 2.24) is 10.2 Å². The topological polar surface area (TPSA) is 133 Å². The Bertz CT molecular complexity index is 597. The zero-order valence-corrected chi connectivity index (χ0v) is 14.8. The lowest BCUT2D eigenvalue weighted by Crippen LogP contribution is -2.34. The highest BCUT2D eigenvalue weighted by molar-refractivity contribution is 5.67. The number of aryl methyl sites for hydroxylation is 1. The second-order valence-corrected chi connectivity index (χ2v) is 5.40. The highest BCUT2D eigenvalue weighted by atomic mass is 16.6. The van der Waals surface area contributed by atoms with Gasteiger partial charge in [-0.1, -0.05) is 0 Å². The van der Waals surface area contributed by atoms with Crippen molar-refractivity contribution in [2.45, 2.75) is 26.0 Å². The van der Waals surface area contributed by atoms with E-state index in [4.69, 9.17) is 24.0 Å². The lowest BCUT2D eigenvalue weighted by molar-refractivity contribution is 0.0318. The number of hydrogen-bond donors (Lipinski definition) is 2. The normalized spacial score (nSPS) is 12.6. The van der Waals surface area contributed by atoms with Crippen LogP contribution in [0.5, 0.6) is 0 Å². The van der Waals surface area contributed by atoms with Crippen LogP contribution in [0.1, 0.15) is 17.9 Å². The number of nitrogens with two attached hydrogens (primary N) is 1. The van der Waals surface area contributed by atoms with E-state index in [2.05, 4.69) is 10.3 Å². The van der Waals surface area contributed by atoms with Gasteiger partial charge < -0.3 is 29.4 Å². The van der Waals surface area contributed by atoms with Gasteiger partial charge in [-0.3, -0.25) is 9.89 Å². The van der Waals surface area contributed by atoms with Crippen molar-refractivity contribution < 1.29 is 23.1 Å². The predicted molar refractivity (Wildman–Crippen MR) is 90.6 cm³/mol. The van der Waals surface area contributed by atoms with Gasteiger partial charge in [0.15, 0.2) is 5.76 Å². The largest absolute Gasteiger partial charge is 0.519 e. The summed E-state index contributed by atoms with van der Waals surface area (Å²) in [7, 11) is 3.38. The molecule has 1 atom stereocenters. The van der Waals surface area contributed by atoms with Gasteiger partial charge in [-0.2, -0.15) is 0 Å². The Morgan fingerprint density at radius 3 is 2.84 bits per heavy atom. The van der Waals surface area contributed by atoms with Crippen LogP contribution >= 0.6 is 0 Å². The fourth-order valence-corrected chi connectivity index (χ4v) is 1.97. The Morgan fingerprint density at radius 2 is 2.24 bits per heavy atom. The van der Waals surface area contributed by atoms with Crippen molar-refractivity contribution in [3.8, 4) is 0 Å². The Kier molecular flexibility index (Phi) is 9.33. The predicted octanol–water partition coefficient (Wildman–Crippen LogP) is 0.0913. The molecule has 10 heteroatoms. The Morgan fingerprint density at radius 1 is 1.48 bits per heavy atom. The number of amides is 1. The number of carbonyl (C=O) groups excluding carboxylic acids is 1. The van der Waals surface area contributed by atoms with Crippen LogP contribution in [0, 0.1) is 6.92 Å². The van der Waals surface area contributed by atoms with E-state index in [1.165, 1.54) is 6.34 Å². The first-order chi connectivity index (χ1) is 12.0. The molecule has 0 aromatic carbocycles. The molecule has 0 aliphatic rings. The number of nitrogens with one attached hydrogen (secondary N) is 1. The number of methoxy groups -OCH3 is 1. The van der Waals surface area contributed by atoms with E-state index in [0.717, 1.165) is 0 Å². The van der Waals surface area contributed by atoms with Crippen LogP contribution in [0.2, 0.25) is 0 Å². The van der Waals surface area contributed by atoms with Crippen molar-refractivity contribution in [2.75, 3.05) is 40.4 Å². The first-order valence-electron chi connectivity index (χ1n) is 7.87. The van der Waals surface area contributed by atoms with Crippen LogP contribution in [0.3, 0.4) is 0 Å². The third-order valence-electron chi connectivity index (χ3n) is 3.43. The molecule has 3 N–H and O–H groups in total. The molecule has 1 aromatic rings. The van der Waals surface area contributed by atoms with E-state index in [0.29, 0.717) is 44.1 Å². The highest BCUT2D eigenvalue weighted by Gasteiger charge is 2.13. The number of likely N-dealkylation sites (N-methyl/N-ethyl adjacent to an activating group) is 1. The molecule has 25 heavy (non-hydrogen) atoms. The van der Waals surface area contributed by atoms with Crippen LogP contribution in [0.4, 0.5) is 4.79 Å². The SMILES string of the molecule is COC(CCN=CN)COC(=O)NCCN(C)Cc1oc(=O)oc1C. The summed E-state index contributed by atoms with van der Waals surface area (Å²) in [6.45, 7) is 3.64. The molecule has 0 bridgehead atoms. The third-order valence-corrected chi connectivity index (χ3v) is 3.43. The van der Waals surface area contributed by atoms with Gasteiger partial charge in [0.2, 0.25) is 0 Å². The molecule has 0 fully saturated rings. The summed E-state index contributed by atoms with van der Waals surface area (Å²) in [5.41, 5.74) is 5.16. The van der Waals surface area contributed by atoms with Crippen LogP contribution in [0.15, 0.2) is 18.6 Å². The van der Waals surface area contributed by atoms with E-state index >= 15 is 0 Å². The van der Waals surface area contributed by atoms with Gasteiger partial charge in [0.1, 0.15) is 12.4 Å². The number of hydrogen-bond acceptors (Lipinski definition) is 8. The number of carbonyl (C=O) groups is 1. The molecule has 142 valence electrons. The molecule has 1 amide bonds. The number of alkyl carbamates (subject to hydrolysis) is 1. The van der Waals surface area contributed by atoms with Crippen molar-refractivity contribution in [3.63, 3.8) is 0 Å². The zero-order valence-electron chi connectivity index (χ0n) is 14.8. The van der Waals surface area contributed by atoms with Gasteiger partial charge in [-0.15, -0.1) is 0 Å². The number of aliphatic imine (C=N–C) groups is 1. The van der Waals surface area contributed by atoms with Crippen molar-refractivity contribution in [2.24, 2.45) is 10.7 Å². The van der Waals surface area contributed by atoms with Crippen molar-refractivity contribution in [3.05, 3.63) is 22.1 Å². The van der Waals surface area contributed by atoms with Crippen molar-refractivity contribution in [1.29, 1.82) is 0 Å². The molecule has 0 aliphatic heterocycles. The van der Waals surface area contributed by atoms with Crippen LogP contribution in [-0.4, -0.2) is 63.8 Å². The summed E-state index contributed by atoms with van der Waals surface area (Å²) in [6.07, 6.45) is 1.08. The minimum absolute atomic E-state index is 0.137. The molecule has 0 saturated heterocycles. The average Bonchev–Trinajstić information content (AvgIpc) is 2.88. The Labute approximate surface area is 146 Å². The third kappa shape index (κ3) is 8.36. The highest BCUT2D eigenvalue weighted by Crippen LogP contribution is 2.07. The monoisotopic (exact) mass is 358 g/mol. The summed E-state index contributed by atoms with van der Waals surface area (Å²) in [4.78, 5) is 28.4. The maximum Gasteiger partial charge on any atom is 0.519 e. The van der Waals surface area contributed by atoms with Gasteiger partial charge in [-0.25, -0.2) is 9.59 Å². The standard InChI is InChI=1S/C15H26N4O6/c1-11-13(25-15(21)24-11)8-19(2)7-6-18-14(20)23-9-12(22-3)4-5-17-10-16/h10,12H,4-9H2,1-3H3,(H2,16,17)(H,18,20). The van der Waals surface area contributed by atoms with Crippen LogP contribution in [0.25, 0.3) is 0 Å². The fourth-order valence-electron chi connectivity index (χ4n) is 1.97. The second kappa shape index (κ2) is 11.3. The van der Waals surface area contributed by atoms with E-state index < -0.39 is 11.9 Å². The first-order valence-corrected chi connectivity index (χ1v) is 7.87. The second-order valence-electron chi connectivity index (χ2n) is 5.40. The lowest BCUT2D eigenvalue weighted by Gasteiger charge is -2.17.